The summed E-state index contributed by atoms with van der Waals surface area (Å²) in [6.07, 6.45) is -2.98. The van der Waals surface area contributed by atoms with Crippen LogP contribution in [0.1, 0.15) is 32.3 Å². The van der Waals surface area contributed by atoms with Crippen molar-refractivity contribution >= 4 is 17.3 Å². The predicted octanol–water partition coefficient (Wildman–Crippen LogP) is 4.29. The van der Waals surface area contributed by atoms with Crippen LogP contribution in [0.2, 0.25) is 5.02 Å². The molecule has 0 aromatic heterocycles. The zero-order valence-corrected chi connectivity index (χ0v) is 11.7. The summed E-state index contributed by atoms with van der Waals surface area (Å²) in [5, 5.41) is 3.14. The molecular formula is C13H18ClF3N2. The fourth-order valence-corrected chi connectivity index (χ4v) is 2.13. The zero-order valence-electron chi connectivity index (χ0n) is 10.9. The van der Waals surface area contributed by atoms with Crippen LogP contribution in [0.4, 0.5) is 18.9 Å². The first kappa shape index (κ1) is 16.1. The van der Waals surface area contributed by atoms with E-state index in [1.54, 1.807) is 0 Å². The maximum atomic E-state index is 12.7. The highest BCUT2D eigenvalue weighted by molar-refractivity contribution is 6.30. The fraction of sp³-hybridized carbons (Fsp3) is 0.538. The molecule has 0 radical (unpaired) electrons. The van der Waals surface area contributed by atoms with Gasteiger partial charge in [0.2, 0.25) is 0 Å². The third kappa shape index (κ3) is 4.01. The number of alkyl halides is 3. The minimum absolute atomic E-state index is 0.0513. The first-order valence-corrected chi connectivity index (χ1v) is 6.50. The molecule has 2 nitrogen and oxygen atoms in total. The van der Waals surface area contributed by atoms with E-state index in [-0.39, 0.29) is 5.02 Å². The standard InChI is InChI=1S/C13H18ClF3N2/c1-3-12(4-2,8-18)19-11-6-9(13(15,16)17)5-10(14)7-11/h5-7,19H,3-4,8,18H2,1-2H3. The summed E-state index contributed by atoms with van der Waals surface area (Å²) in [5.41, 5.74) is 4.89. The normalized spacial score (nSPS) is 12.6. The van der Waals surface area contributed by atoms with Crippen molar-refractivity contribution in [2.45, 2.75) is 38.4 Å². The molecule has 0 saturated heterocycles. The number of nitrogens with two attached hydrogens (primary N) is 1. The summed E-state index contributed by atoms with van der Waals surface area (Å²) in [5.74, 6) is 0. The Labute approximate surface area is 116 Å². The van der Waals surface area contributed by atoms with Crippen molar-refractivity contribution in [1.82, 2.24) is 0 Å². The van der Waals surface area contributed by atoms with Crippen LogP contribution in [0.5, 0.6) is 0 Å². The second kappa shape index (κ2) is 6.01. The van der Waals surface area contributed by atoms with Crippen LogP contribution in [-0.4, -0.2) is 12.1 Å². The van der Waals surface area contributed by atoms with Gasteiger partial charge in [-0.3, -0.25) is 0 Å². The molecule has 108 valence electrons. The monoisotopic (exact) mass is 294 g/mol. The van der Waals surface area contributed by atoms with Gasteiger partial charge in [0.15, 0.2) is 0 Å². The molecule has 0 atom stereocenters. The highest BCUT2D eigenvalue weighted by atomic mass is 35.5. The molecule has 0 saturated carbocycles. The number of nitrogens with one attached hydrogen (secondary N) is 1. The van der Waals surface area contributed by atoms with Crippen molar-refractivity contribution in [3.8, 4) is 0 Å². The van der Waals surface area contributed by atoms with Crippen LogP contribution < -0.4 is 11.1 Å². The average molecular weight is 295 g/mol. The Morgan fingerprint density at radius 2 is 1.74 bits per heavy atom. The molecule has 0 aliphatic carbocycles. The van der Waals surface area contributed by atoms with Crippen molar-refractivity contribution < 1.29 is 13.2 Å². The molecule has 3 N–H and O–H groups in total. The van der Waals surface area contributed by atoms with E-state index in [1.165, 1.54) is 6.07 Å². The minimum atomic E-state index is -4.41. The lowest BCUT2D eigenvalue weighted by Crippen LogP contribution is -2.44. The smallest absolute Gasteiger partial charge is 0.378 e. The molecule has 0 spiro atoms. The first-order valence-electron chi connectivity index (χ1n) is 6.12. The second-order valence-electron chi connectivity index (χ2n) is 4.54. The van der Waals surface area contributed by atoms with E-state index in [1.807, 2.05) is 13.8 Å². The van der Waals surface area contributed by atoms with Crippen molar-refractivity contribution in [1.29, 1.82) is 0 Å². The summed E-state index contributed by atoms with van der Waals surface area (Å²) in [6, 6.07) is 3.45. The maximum absolute atomic E-state index is 12.7. The van der Waals surface area contributed by atoms with Crippen LogP contribution in [-0.2, 0) is 6.18 Å². The number of benzene rings is 1. The second-order valence-corrected chi connectivity index (χ2v) is 4.98. The SMILES string of the molecule is CCC(CC)(CN)Nc1cc(Cl)cc(C(F)(F)F)c1. The highest BCUT2D eigenvalue weighted by Crippen LogP contribution is 2.34. The summed E-state index contributed by atoms with van der Waals surface area (Å²) in [4.78, 5) is 0. The Kier molecular flexibility index (Phi) is 5.10. The van der Waals surface area contributed by atoms with Gasteiger partial charge >= 0.3 is 6.18 Å². The van der Waals surface area contributed by atoms with Crippen LogP contribution in [0.15, 0.2) is 18.2 Å². The largest absolute Gasteiger partial charge is 0.416 e. The molecule has 1 aromatic rings. The van der Waals surface area contributed by atoms with E-state index in [9.17, 15) is 13.2 Å². The summed E-state index contributed by atoms with van der Waals surface area (Å²) in [6.45, 7) is 4.23. The van der Waals surface area contributed by atoms with Gasteiger partial charge in [0.1, 0.15) is 0 Å². The van der Waals surface area contributed by atoms with Gasteiger partial charge in [-0.25, -0.2) is 0 Å². The van der Waals surface area contributed by atoms with Gasteiger partial charge in [-0.05, 0) is 31.0 Å². The molecule has 0 bridgehead atoms. The van der Waals surface area contributed by atoms with E-state index >= 15 is 0 Å². The zero-order chi connectivity index (χ0) is 14.7. The van der Waals surface area contributed by atoms with E-state index in [4.69, 9.17) is 17.3 Å². The lowest BCUT2D eigenvalue weighted by atomic mass is 9.92. The van der Waals surface area contributed by atoms with Gasteiger partial charge in [-0.1, -0.05) is 25.4 Å². The van der Waals surface area contributed by atoms with Crippen LogP contribution in [0.3, 0.4) is 0 Å². The van der Waals surface area contributed by atoms with Crippen molar-refractivity contribution in [2.75, 3.05) is 11.9 Å². The van der Waals surface area contributed by atoms with Crippen LogP contribution in [0, 0.1) is 0 Å². The third-order valence-electron chi connectivity index (χ3n) is 3.38. The molecule has 0 fully saturated rings. The van der Waals surface area contributed by atoms with Gasteiger partial charge in [0.25, 0.3) is 0 Å². The molecule has 0 unspecified atom stereocenters. The van der Waals surface area contributed by atoms with Gasteiger partial charge in [-0.15, -0.1) is 0 Å². The molecule has 0 aliphatic heterocycles. The molecule has 1 rings (SSSR count). The quantitative estimate of drug-likeness (QED) is 0.850. The van der Waals surface area contributed by atoms with Gasteiger partial charge in [0.05, 0.1) is 5.56 Å². The lowest BCUT2D eigenvalue weighted by Gasteiger charge is -2.33. The topological polar surface area (TPSA) is 38.0 Å². The van der Waals surface area contributed by atoms with Gasteiger partial charge in [-0.2, -0.15) is 13.2 Å². The first-order chi connectivity index (χ1) is 8.76. The highest BCUT2D eigenvalue weighted by Gasteiger charge is 2.32. The summed E-state index contributed by atoms with van der Waals surface area (Å²) in [7, 11) is 0. The number of hydrogen-bond donors (Lipinski definition) is 2. The molecule has 19 heavy (non-hydrogen) atoms. The third-order valence-corrected chi connectivity index (χ3v) is 3.60. The van der Waals surface area contributed by atoms with Crippen LogP contribution in [0.25, 0.3) is 0 Å². The van der Waals surface area contributed by atoms with E-state index in [2.05, 4.69) is 5.32 Å². The fourth-order valence-electron chi connectivity index (χ4n) is 1.90. The van der Waals surface area contributed by atoms with Crippen LogP contribution >= 0.6 is 11.6 Å². The summed E-state index contributed by atoms with van der Waals surface area (Å²) < 4.78 is 38.1. The minimum Gasteiger partial charge on any atom is -0.378 e. The van der Waals surface area contributed by atoms with E-state index in [0.717, 1.165) is 12.1 Å². The lowest BCUT2D eigenvalue weighted by molar-refractivity contribution is -0.137. The van der Waals surface area contributed by atoms with E-state index in [0.29, 0.717) is 25.1 Å². The molecule has 1 aromatic carbocycles. The molecule has 6 heteroatoms. The Hall–Kier alpha value is -0.940. The number of rotatable bonds is 5. The van der Waals surface area contributed by atoms with Crippen molar-refractivity contribution in [3.63, 3.8) is 0 Å². The Morgan fingerprint density at radius 3 is 2.16 bits per heavy atom. The number of hydrogen-bond acceptors (Lipinski definition) is 2. The van der Waals surface area contributed by atoms with Crippen molar-refractivity contribution in [3.05, 3.63) is 28.8 Å². The van der Waals surface area contributed by atoms with Crippen molar-refractivity contribution in [2.24, 2.45) is 5.73 Å². The predicted molar refractivity (Wildman–Crippen MR) is 72.4 cm³/mol. The maximum Gasteiger partial charge on any atom is 0.416 e. The Balaban J connectivity index is 3.11. The average Bonchev–Trinajstić information content (AvgIpc) is 2.34. The number of halogens is 4. The Morgan fingerprint density at radius 1 is 1.16 bits per heavy atom. The van der Waals surface area contributed by atoms with Gasteiger partial charge < -0.3 is 11.1 Å². The Bertz CT molecular complexity index is 420. The molecule has 0 amide bonds. The molecular weight excluding hydrogens is 277 g/mol. The van der Waals surface area contributed by atoms with E-state index < -0.39 is 17.3 Å². The van der Waals surface area contributed by atoms with Gasteiger partial charge in [0, 0.05) is 22.8 Å². The molecule has 0 aliphatic rings. The molecule has 0 heterocycles. The summed E-state index contributed by atoms with van der Waals surface area (Å²) >= 11 is 5.74. The number of anilines is 1.